The highest BCUT2D eigenvalue weighted by Gasteiger charge is 2.36. The van der Waals surface area contributed by atoms with Gasteiger partial charge in [-0.15, -0.1) is 0 Å². The van der Waals surface area contributed by atoms with E-state index < -0.39 is 53.4 Å². The summed E-state index contributed by atoms with van der Waals surface area (Å²) in [7, 11) is 0. The van der Waals surface area contributed by atoms with E-state index in [0.29, 0.717) is 12.1 Å². The van der Waals surface area contributed by atoms with Crippen LogP contribution in [0, 0.1) is 23.4 Å². The highest BCUT2D eigenvalue weighted by Crippen LogP contribution is 2.19. The number of carboxylic acid groups (broad SMARTS) is 1. The van der Waals surface area contributed by atoms with Gasteiger partial charge in [0.1, 0.15) is 11.4 Å². The van der Waals surface area contributed by atoms with E-state index in [-0.39, 0.29) is 5.56 Å². The molecule has 0 bridgehead atoms. The molecular weight excluding hydrogens is 315 g/mol. The molecule has 0 aromatic heterocycles. The molecule has 0 spiro atoms. The van der Waals surface area contributed by atoms with E-state index in [4.69, 9.17) is 15.6 Å². The predicted octanol–water partition coefficient (Wildman–Crippen LogP) is 2.02. The lowest BCUT2D eigenvalue weighted by atomic mass is 9.93. The number of nitrogens with two attached hydrogens (primary N) is 1. The van der Waals surface area contributed by atoms with Gasteiger partial charge in [0.15, 0.2) is 17.6 Å². The molecule has 0 radical (unpaired) electrons. The quantitative estimate of drug-likeness (QED) is 0.489. The van der Waals surface area contributed by atoms with E-state index in [0.717, 1.165) is 0 Å². The first-order valence-corrected chi connectivity index (χ1v) is 6.77. The van der Waals surface area contributed by atoms with Crippen LogP contribution in [0.2, 0.25) is 0 Å². The lowest BCUT2D eigenvalue weighted by Gasteiger charge is -2.25. The van der Waals surface area contributed by atoms with Crippen LogP contribution in [0.1, 0.15) is 26.3 Å². The van der Waals surface area contributed by atoms with Crippen LogP contribution in [0.5, 0.6) is 0 Å². The highest BCUT2D eigenvalue weighted by atomic mass is 19.2. The summed E-state index contributed by atoms with van der Waals surface area (Å²) >= 11 is 0. The fourth-order valence-corrected chi connectivity index (χ4v) is 1.92. The number of halogens is 3. The zero-order valence-corrected chi connectivity index (χ0v) is 12.9. The third kappa shape index (κ3) is 5.24. The van der Waals surface area contributed by atoms with E-state index in [1.165, 1.54) is 0 Å². The number of carbonyl (C=O) groups excluding carboxylic acids is 1. The van der Waals surface area contributed by atoms with Crippen molar-refractivity contribution in [2.75, 3.05) is 0 Å². The van der Waals surface area contributed by atoms with Crippen molar-refractivity contribution >= 4 is 11.9 Å². The van der Waals surface area contributed by atoms with E-state index in [1.807, 2.05) is 0 Å². The molecule has 0 fully saturated rings. The molecule has 0 saturated carbocycles. The smallest absolute Gasteiger partial charge is 0.322 e. The summed E-state index contributed by atoms with van der Waals surface area (Å²) in [5.41, 5.74) is 4.40. The monoisotopic (exact) mass is 333 g/mol. The molecule has 0 aliphatic heterocycles. The number of ether oxygens (including phenoxy) is 1. The van der Waals surface area contributed by atoms with Gasteiger partial charge in [-0.3, -0.25) is 9.59 Å². The van der Waals surface area contributed by atoms with Gasteiger partial charge in [-0.25, -0.2) is 13.2 Å². The first kappa shape index (κ1) is 19.0. The molecule has 8 heteroatoms. The number of benzene rings is 1. The van der Waals surface area contributed by atoms with Gasteiger partial charge in [0, 0.05) is 12.1 Å². The van der Waals surface area contributed by atoms with E-state index in [9.17, 15) is 22.8 Å². The lowest BCUT2D eigenvalue weighted by molar-refractivity contribution is -0.167. The van der Waals surface area contributed by atoms with Crippen LogP contribution in [0.15, 0.2) is 12.1 Å². The van der Waals surface area contributed by atoms with Crippen molar-refractivity contribution in [3.05, 3.63) is 35.1 Å². The molecule has 0 saturated heterocycles. The maximum absolute atomic E-state index is 13.6. The SMILES string of the molecule is CC(C)(C)OC(=O)C(C(=O)O)C(N)Cc1cc(F)c(F)cc1F. The van der Waals surface area contributed by atoms with Crippen LogP contribution in [-0.4, -0.2) is 28.7 Å². The Morgan fingerprint density at radius 2 is 1.70 bits per heavy atom. The van der Waals surface area contributed by atoms with Crippen molar-refractivity contribution in [3.63, 3.8) is 0 Å². The highest BCUT2D eigenvalue weighted by molar-refractivity contribution is 5.95. The molecule has 0 aliphatic carbocycles. The molecule has 2 atom stereocenters. The maximum atomic E-state index is 13.6. The fraction of sp³-hybridized carbons (Fsp3) is 0.467. The summed E-state index contributed by atoms with van der Waals surface area (Å²) in [6.07, 6.45) is -0.473. The predicted molar refractivity (Wildman–Crippen MR) is 75.0 cm³/mol. The van der Waals surface area contributed by atoms with Gasteiger partial charge in [0.2, 0.25) is 0 Å². The molecule has 0 aliphatic rings. The van der Waals surface area contributed by atoms with Crippen LogP contribution in [-0.2, 0) is 20.7 Å². The molecule has 23 heavy (non-hydrogen) atoms. The van der Waals surface area contributed by atoms with Crippen LogP contribution in [0.25, 0.3) is 0 Å². The first-order chi connectivity index (χ1) is 10.4. The lowest BCUT2D eigenvalue weighted by Crippen LogP contribution is -2.45. The molecule has 1 rings (SSSR count). The second-order valence-electron chi connectivity index (χ2n) is 6.08. The Bertz CT molecular complexity index is 613. The second-order valence-corrected chi connectivity index (χ2v) is 6.08. The average molecular weight is 333 g/mol. The summed E-state index contributed by atoms with van der Waals surface area (Å²) < 4.78 is 44.6. The van der Waals surface area contributed by atoms with Gasteiger partial charge in [-0.2, -0.15) is 0 Å². The number of esters is 1. The summed E-state index contributed by atoms with van der Waals surface area (Å²) in [5.74, 6) is -8.14. The number of carboxylic acids is 1. The minimum atomic E-state index is -1.76. The van der Waals surface area contributed by atoms with Gasteiger partial charge in [0.25, 0.3) is 0 Å². The minimum Gasteiger partial charge on any atom is -0.481 e. The van der Waals surface area contributed by atoms with Crippen LogP contribution in [0.3, 0.4) is 0 Å². The standard InChI is InChI=1S/C15H18F3NO4/c1-15(2,3)23-14(22)12(13(20)21)11(19)5-7-4-9(17)10(18)6-8(7)16/h4,6,11-12H,5,19H2,1-3H3,(H,20,21). The summed E-state index contributed by atoms with van der Waals surface area (Å²) in [5, 5.41) is 9.15. The Balaban J connectivity index is 3.00. The molecular formula is C15H18F3NO4. The Morgan fingerprint density at radius 1 is 1.17 bits per heavy atom. The maximum Gasteiger partial charge on any atom is 0.322 e. The van der Waals surface area contributed by atoms with Crippen molar-refractivity contribution in [3.8, 4) is 0 Å². The third-order valence-electron chi connectivity index (χ3n) is 2.90. The Hall–Kier alpha value is -2.09. The van der Waals surface area contributed by atoms with Crippen molar-refractivity contribution in [1.29, 1.82) is 0 Å². The molecule has 0 amide bonds. The molecule has 128 valence electrons. The number of hydrogen-bond acceptors (Lipinski definition) is 4. The van der Waals surface area contributed by atoms with Crippen molar-refractivity contribution in [2.24, 2.45) is 11.7 Å². The number of carbonyl (C=O) groups is 2. The Morgan fingerprint density at radius 3 is 2.17 bits per heavy atom. The molecule has 2 unspecified atom stereocenters. The van der Waals surface area contributed by atoms with Crippen LogP contribution >= 0.6 is 0 Å². The van der Waals surface area contributed by atoms with E-state index in [2.05, 4.69) is 0 Å². The molecule has 0 heterocycles. The van der Waals surface area contributed by atoms with Crippen molar-refractivity contribution in [2.45, 2.75) is 38.8 Å². The topological polar surface area (TPSA) is 89.6 Å². The average Bonchev–Trinajstić information content (AvgIpc) is 2.33. The Labute approximate surface area is 131 Å². The van der Waals surface area contributed by atoms with E-state index in [1.54, 1.807) is 20.8 Å². The summed E-state index contributed by atoms with van der Waals surface area (Å²) in [6, 6.07) is -0.458. The van der Waals surface area contributed by atoms with Crippen molar-refractivity contribution in [1.82, 2.24) is 0 Å². The summed E-state index contributed by atoms with van der Waals surface area (Å²) in [6.45, 7) is 4.64. The van der Waals surface area contributed by atoms with E-state index >= 15 is 0 Å². The molecule has 3 N–H and O–H groups in total. The molecule has 1 aromatic carbocycles. The van der Waals surface area contributed by atoms with Crippen molar-refractivity contribution < 1.29 is 32.6 Å². The van der Waals surface area contributed by atoms with Crippen LogP contribution in [0.4, 0.5) is 13.2 Å². The van der Waals surface area contributed by atoms with Gasteiger partial charge in [-0.1, -0.05) is 0 Å². The van der Waals surface area contributed by atoms with Crippen LogP contribution < -0.4 is 5.73 Å². The normalized spacial score (nSPS) is 14.2. The van der Waals surface area contributed by atoms with Gasteiger partial charge in [-0.05, 0) is 38.8 Å². The van der Waals surface area contributed by atoms with Gasteiger partial charge in [0.05, 0.1) is 0 Å². The molecule has 1 aromatic rings. The Kier molecular flexibility index (Phi) is 5.76. The van der Waals surface area contributed by atoms with Gasteiger partial charge < -0.3 is 15.6 Å². The zero-order chi connectivity index (χ0) is 17.9. The minimum absolute atomic E-state index is 0.328. The summed E-state index contributed by atoms with van der Waals surface area (Å²) in [4.78, 5) is 23.2. The number of aliphatic carboxylic acids is 1. The van der Waals surface area contributed by atoms with Gasteiger partial charge >= 0.3 is 11.9 Å². The number of hydrogen-bond donors (Lipinski definition) is 2. The zero-order valence-electron chi connectivity index (χ0n) is 12.9. The largest absolute Gasteiger partial charge is 0.481 e. The third-order valence-corrected chi connectivity index (χ3v) is 2.90. The first-order valence-electron chi connectivity index (χ1n) is 6.77. The second kappa shape index (κ2) is 6.99. The fourth-order valence-electron chi connectivity index (χ4n) is 1.92. The number of rotatable bonds is 5. The molecule has 5 nitrogen and oxygen atoms in total.